The molecule has 0 spiro atoms. The fourth-order valence-electron chi connectivity index (χ4n) is 1.30. The molecule has 0 fully saturated rings. The zero-order chi connectivity index (χ0) is 11.4. The predicted octanol–water partition coefficient (Wildman–Crippen LogP) is 3.14. The molecule has 16 heavy (non-hydrogen) atoms. The van der Waals surface area contributed by atoms with Gasteiger partial charge in [0.05, 0.1) is 4.92 Å². The predicted molar refractivity (Wildman–Crippen MR) is 61.7 cm³/mol. The van der Waals surface area contributed by atoms with Gasteiger partial charge in [0.25, 0.3) is 5.69 Å². The lowest BCUT2D eigenvalue weighted by Gasteiger charge is -2.04. The summed E-state index contributed by atoms with van der Waals surface area (Å²) in [6.07, 6.45) is 0. The van der Waals surface area contributed by atoms with Crippen molar-refractivity contribution in [2.45, 2.75) is 0 Å². The van der Waals surface area contributed by atoms with Gasteiger partial charge in [0.2, 0.25) is 0 Å². The van der Waals surface area contributed by atoms with Crippen LogP contribution in [0.5, 0.6) is 0 Å². The van der Waals surface area contributed by atoms with E-state index in [2.05, 4.69) is 11.4 Å². The van der Waals surface area contributed by atoms with Gasteiger partial charge in [-0.2, -0.15) is 0 Å². The van der Waals surface area contributed by atoms with Crippen LogP contribution in [0.4, 0.5) is 17.1 Å². The number of benzene rings is 2. The van der Waals surface area contributed by atoms with E-state index in [9.17, 15) is 10.1 Å². The number of hydrogen-bond donors (Lipinski definition) is 1. The van der Waals surface area contributed by atoms with Crippen molar-refractivity contribution in [2.24, 2.45) is 0 Å². The molecule has 4 nitrogen and oxygen atoms in total. The molecule has 0 atom stereocenters. The number of nitro benzene ring substituents is 1. The van der Waals surface area contributed by atoms with E-state index >= 15 is 0 Å². The van der Waals surface area contributed by atoms with Crippen LogP contribution in [-0.2, 0) is 0 Å². The Bertz CT molecular complexity index is 480. The minimum absolute atomic E-state index is 0.0898. The van der Waals surface area contributed by atoms with Gasteiger partial charge >= 0.3 is 0 Å². The summed E-state index contributed by atoms with van der Waals surface area (Å²) >= 11 is 0. The van der Waals surface area contributed by atoms with E-state index in [1.54, 1.807) is 24.3 Å². The minimum atomic E-state index is -0.415. The molecule has 0 aromatic heterocycles. The molecule has 0 amide bonds. The van der Waals surface area contributed by atoms with Crippen LogP contribution in [0.3, 0.4) is 0 Å². The molecule has 2 aromatic carbocycles. The molecule has 0 aliphatic rings. The third kappa shape index (κ3) is 2.36. The van der Waals surface area contributed by atoms with Crippen LogP contribution in [0.15, 0.2) is 48.5 Å². The quantitative estimate of drug-likeness (QED) is 0.629. The summed E-state index contributed by atoms with van der Waals surface area (Å²) in [7, 11) is 0. The Hall–Kier alpha value is -2.36. The second-order valence-corrected chi connectivity index (χ2v) is 3.22. The normalized spacial score (nSPS) is 9.75. The lowest BCUT2D eigenvalue weighted by molar-refractivity contribution is -0.384. The Morgan fingerprint density at radius 2 is 1.56 bits per heavy atom. The maximum Gasteiger partial charge on any atom is 0.269 e. The smallest absolute Gasteiger partial charge is 0.269 e. The van der Waals surface area contributed by atoms with Crippen LogP contribution in [0.2, 0.25) is 0 Å². The Morgan fingerprint density at radius 3 is 2.12 bits per heavy atom. The first-order valence-electron chi connectivity index (χ1n) is 4.73. The van der Waals surface area contributed by atoms with E-state index in [1.807, 2.05) is 12.1 Å². The standard InChI is InChI=1S/C12H9N2O2/c15-14(16)12-8-6-11(7-9-12)13-10-4-2-1-3-5-10/h2-9,13H. The zero-order valence-electron chi connectivity index (χ0n) is 8.38. The van der Waals surface area contributed by atoms with Crippen LogP contribution in [0.25, 0.3) is 0 Å². The monoisotopic (exact) mass is 213 g/mol. The van der Waals surface area contributed by atoms with Crippen molar-refractivity contribution in [3.8, 4) is 0 Å². The van der Waals surface area contributed by atoms with Gasteiger partial charge in [0, 0.05) is 23.5 Å². The molecule has 79 valence electrons. The van der Waals surface area contributed by atoms with Gasteiger partial charge in [-0.15, -0.1) is 0 Å². The second-order valence-electron chi connectivity index (χ2n) is 3.22. The molecule has 0 aliphatic heterocycles. The van der Waals surface area contributed by atoms with Crippen molar-refractivity contribution in [3.05, 3.63) is 64.7 Å². The first-order valence-corrected chi connectivity index (χ1v) is 4.73. The number of nitrogens with zero attached hydrogens (tertiary/aromatic N) is 1. The highest BCUT2D eigenvalue weighted by atomic mass is 16.6. The molecular weight excluding hydrogens is 204 g/mol. The fourth-order valence-corrected chi connectivity index (χ4v) is 1.30. The molecule has 1 radical (unpaired) electrons. The van der Waals surface area contributed by atoms with E-state index in [4.69, 9.17) is 0 Å². The molecule has 4 heteroatoms. The van der Waals surface area contributed by atoms with E-state index in [0.29, 0.717) is 0 Å². The van der Waals surface area contributed by atoms with Crippen molar-refractivity contribution in [1.29, 1.82) is 0 Å². The third-order valence-electron chi connectivity index (χ3n) is 2.09. The summed E-state index contributed by atoms with van der Waals surface area (Å²) in [5, 5.41) is 13.6. The summed E-state index contributed by atoms with van der Waals surface area (Å²) in [6, 6.07) is 16.6. The summed E-state index contributed by atoms with van der Waals surface area (Å²) in [5.41, 5.74) is 1.83. The zero-order valence-corrected chi connectivity index (χ0v) is 8.38. The highest BCUT2D eigenvalue weighted by molar-refractivity contribution is 5.60. The molecule has 0 aliphatic carbocycles. The first kappa shape index (κ1) is 10.2. The number of non-ortho nitro benzene ring substituents is 1. The maximum absolute atomic E-state index is 10.5. The molecule has 2 rings (SSSR count). The largest absolute Gasteiger partial charge is 0.356 e. The number of rotatable bonds is 3. The van der Waals surface area contributed by atoms with Crippen LogP contribution >= 0.6 is 0 Å². The average Bonchev–Trinajstić information content (AvgIpc) is 2.31. The summed E-state index contributed by atoms with van der Waals surface area (Å²) in [6.45, 7) is 0. The molecule has 2 aromatic rings. The van der Waals surface area contributed by atoms with Gasteiger partial charge < -0.3 is 5.32 Å². The highest BCUT2D eigenvalue weighted by Gasteiger charge is 2.03. The van der Waals surface area contributed by atoms with E-state index < -0.39 is 4.92 Å². The Morgan fingerprint density at radius 1 is 1.00 bits per heavy atom. The number of nitrogens with one attached hydrogen (secondary N) is 1. The summed E-state index contributed by atoms with van der Waals surface area (Å²) in [4.78, 5) is 10.0. The maximum atomic E-state index is 10.5. The van der Waals surface area contributed by atoms with Gasteiger partial charge in [-0.1, -0.05) is 12.1 Å². The number of anilines is 2. The Kier molecular flexibility index (Phi) is 2.82. The molecule has 0 bridgehead atoms. The van der Waals surface area contributed by atoms with Gasteiger partial charge in [-0.3, -0.25) is 10.1 Å². The van der Waals surface area contributed by atoms with Crippen LogP contribution in [0.1, 0.15) is 0 Å². The van der Waals surface area contributed by atoms with Crippen LogP contribution in [0, 0.1) is 16.2 Å². The topological polar surface area (TPSA) is 55.2 Å². The van der Waals surface area contributed by atoms with E-state index in [-0.39, 0.29) is 5.69 Å². The van der Waals surface area contributed by atoms with E-state index in [1.165, 1.54) is 12.1 Å². The van der Waals surface area contributed by atoms with E-state index in [0.717, 1.165) is 11.4 Å². The summed E-state index contributed by atoms with van der Waals surface area (Å²) < 4.78 is 0. The molecule has 1 N–H and O–H groups in total. The summed E-state index contributed by atoms with van der Waals surface area (Å²) in [5.74, 6) is 0. The molecule has 0 unspecified atom stereocenters. The minimum Gasteiger partial charge on any atom is -0.356 e. The van der Waals surface area contributed by atoms with Crippen LogP contribution in [-0.4, -0.2) is 4.92 Å². The second kappa shape index (κ2) is 4.44. The van der Waals surface area contributed by atoms with Crippen molar-refractivity contribution in [2.75, 3.05) is 5.32 Å². The fraction of sp³-hybridized carbons (Fsp3) is 0. The molecule has 0 saturated carbocycles. The van der Waals surface area contributed by atoms with Gasteiger partial charge in [-0.25, -0.2) is 0 Å². The van der Waals surface area contributed by atoms with Crippen molar-refractivity contribution < 1.29 is 4.92 Å². The van der Waals surface area contributed by atoms with Gasteiger partial charge in [0.15, 0.2) is 0 Å². The Labute approximate surface area is 92.7 Å². The highest BCUT2D eigenvalue weighted by Crippen LogP contribution is 2.19. The molecule has 0 saturated heterocycles. The van der Waals surface area contributed by atoms with Gasteiger partial charge in [0.1, 0.15) is 0 Å². The number of nitro groups is 1. The Balaban J connectivity index is 2.14. The number of hydrogen-bond acceptors (Lipinski definition) is 3. The lowest BCUT2D eigenvalue weighted by atomic mass is 10.2. The SMILES string of the molecule is O=[N+]([O-])c1ccc(Nc2cc[c]cc2)cc1. The average molecular weight is 213 g/mol. The van der Waals surface area contributed by atoms with Crippen molar-refractivity contribution in [3.63, 3.8) is 0 Å². The lowest BCUT2D eigenvalue weighted by Crippen LogP contribution is -1.91. The van der Waals surface area contributed by atoms with Crippen molar-refractivity contribution >= 4 is 17.1 Å². The first-order chi connectivity index (χ1) is 7.75. The molecular formula is C12H9N2O2. The molecule has 0 heterocycles. The third-order valence-corrected chi connectivity index (χ3v) is 2.09. The van der Waals surface area contributed by atoms with Crippen molar-refractivity contribution in [1.82, 2.24) is 0 Å². The van der Waals surface area contributed by atoms with Crippen LogP contribution < -0.4 is 5.32 Å². The van der Waals surface area contributed by atoms with Gasteiger partial charge in [-0.05, 0) is 30.3 Å².